The minimum absolute atomic E-state index is 0.0621. The lowest BCUT2D eigenvalue weighted by Gasteiger charge is -2.17. The molecule has 0 spiro atoms. The van der Waals surface area contributed by atoms with Crippen molar-refractivity contribution in [2.24, 2.45) is 22.9 Å². The Morgan fingerprint density at radius 2 is 1.15 bits per heavy atom. The summed E-state index contributed by atoms with van der Waals surface area (Å²) in [6.45, 7) is 5.01. The molecule has 0 aliphatic carbocycles. The van der Waals surface area contributed by atoms with E-state index in [0.29, 0.717) is 13.1 Å². The molecule has 0 heterocycles. The molecule has 2 aromatic rings. The first-order valence-electron chi connectivity index (χ1n) is 12.2. The molecule has 0 aliphatic rings. The molecule has 0 saturated carbocycles. The van der Waals surface area contributed by atoms with Gasteiger partial charge < -0.3 is 33.6 Å². The molecule has 184 valence electrons. The van der Waals surface area contributed by atoms with E-state index < -0.39 is 0 Å². The normalized spacial score (nSPS) is 13.2. The molecule has 0 aromatic heterocycles. The van der Waals surface area contributed by atoms with Gasteiger partial charge in [-0.3, -0.25) is 0 Å². The van der Waals surface area contributed by atoms with Gasteiger partial charge in [-0.2, -0.15) is 0 Å². The summed E-state index contributed by atoms with van der Waals surface area (Å²) in [5, 5.41) is 6.78. The second kappa shape index (κ2) is 15.9. The predicted octanol–water partition coefficient (Wildman–Crippen LogP) is 1.89. The molecule has 0 saturated heterocycles. The molecule has 0 fully saturated rings. The van der Waals surface area contributed by atoms with Gasteiger partial charge in [0.1, 0.15) is 5.82 Å². The minimum atomic E-state index is -0.233. The molecule has 2 atom stereocenters. The first kappa shape index (κ1) is 27.4. The maximum atomic E-state index is 13.4. The molecule has 7 heteroatoms. The van der Waals surface area contributed by atoms with E-state index in [-0.39, 0.29) is 17.9 Å². The lowest BCUT2D eigenvalue weighted by Crippen LogP contribution is -2.30. The predicted molar refractivity (Wildman–Crippen MR) is 138 cm³/mol. The summed E-state index contributed by atoms with van der Waals surface area (Å²) in [5.74, 6) is -0.233. The first-order valence-corrected chi connectivity index (χ1v) is 12.2. The third-order valence-electron chi connectivity index (χ3n) is 5.73. The summed E-state index contributed by atoms with van der Waals surface area (Å²) >= 11 is 0. The Kier molecular flexibility index (Phi) is 13.2. The van der Waals surface area contributed by atoms with Crippen LogP contribution in [0.1, 0.15) is 36.8 Å². The van der Waals surface area contributed by atoms with Crippen molar-refractivity contribution in [3.8, 4) is 11.1 Å². The number of hydrogen-bond donors (Lipinski definition) is 6. The summed E-state index contributed by atoms with van der Waals surface area (Å²) in [4.78, 5) is 0. The zero-order chi connectivity index (χ0) is 23.9. The standard InChI is InChI=1S/C26H43FN6/c27-24-5-3-22(4-6-24)23-16-20(18-25(30)7-13-32-11-1-9-28)15-21(17-23)19-26(31)8-14-33-12-2-10-29/h3-6,15-17,25-26,32-33H,1-2,7-14,18-19,28-31H2. The van der Waals surface area contributed by atoms with E-state index in [0.717, 1.165) is 75.8 Å². The number of nitrogens with two attached hydrogens (primary N) is 4. The van der Waals surface area contributed by atoms with Gasteiger partial charge in [-0.15, -0.1) is 0 Å². The van der Waals surface area contributed by atoms with Crippen molar-refractivity contribution in [2.75, 3.05) is 39.3 Å². The van der Waals surface area contributed by atoms with Crippen molar-refractivity contribution in [3.63, 3.8) is 0 Å². The molecular formula is C26H43FN6. The third-order valence-corrected chi connectivity index (χ3v) is 5.73. The average molecular weight is 459 g/mol. The van der Waals surface area contributed by atoms with E-state index in [1.165, 1.54) is 23.3 Å². The highest BCUT2D eigenvalue weighted by Crippen LogP contribution is 2.24. The molecular weight excluding hydrogens is 415 g/mol. The molecule has 10 N–H and O–H groups in total. The van der Waals surface area contributed by atoms with E-state index in [9.17, 15) is 4.39 Å². The Morgan fingerprint density at radius 1 is 0.667 bits per heavy atom. The lowest BCUT2D eigenvalue weighted by molar-refractivity contribution is 0.549. The fourth-order valence-corrected chi connectivity index (χ4v) is 3.90. The highest BCUT2D eigenvalue weighted by Gasteiger charge is 2.11. The second-order valence-electron chi connectivity index (χ2n) is 8.84. The smallest absolute Gasteiger partial charge is 0.123 e. The molecule has 33 heavy (non-hydrogen) atoms. The Balaban J connectivity index is 2.04. The van der Waals surface area contributed by atoms with Crippen LogP contribution in [0.25, 0.3) is 11.1 Å². The van der Waals surface area contributed by atoms with Crippen LogP contribution in [-0.2, 0) is 12.8 Å². The number of nitrogens with one attached hydrogen (secondary N) is 2. The molecule has 2 rings (SSSR count). The second-order valence-corrected chi connectivity index (χ2v) is 8.84. The monoisotopic (exact) mass is 458 g/mol. The maximum Gasteiger partial charge on any atom is 0.123 e. The average Bonchev–Trinajstić information content (AvgIpc) is 2.79. The maximum absolute atomic E-state index is 13.4. The van der Waals surface area contributed by atoms with Crippen LogP contribution >= 0.6 is 0 Å². The van der Waals surface area contributed by atoms with Gasteiger partial charge in [-0.05, 0) is 112 Å². The van der Waals surface area contributed by atoms with Gasteiger partial charge in [-0.25, -0.2) is 4.39 Å². The van der Waals surface area contributed by atoms with Gasteiger partial charge in [0.15, 0.2) is 0 Å². The van der Waals surface area contributed by atoms with Crippen LogP contribution < -0.4 is 33.6 Å². The van der Waals surface area contributed by atoms with Crippen molar-refractivity contribution in [1.29, 1.82) is 0 Å². The van der Waals surface area contributed by atoms with Crippen molar-refractivity contribution >= 4 is 0 Å². The van der Waals surface area contributed by atoms with Crippen molar-refractivity contribution in [3.05, 3.63) is 59.4 Å². The zero-order valence-corrected chi connectivity index (χ0v) is 19.9. The Morgan fingerprint density at radius 3 is 1.61 bits per heavy atom. The summed E-state index contributed by atoms with van der Waals surface area (Å²) in [6, 6.07) is 13.3. The van der Waals surface area contributed by atoms with Gasteiger partial charge in [0, 0.05) is 12.1 Å². The van der Waals surface area contributed by atoms with E-state index >= 15 is 0 Å². The van der Waals surface area contributed by atoms with Crippen LogP contribution in [0.4, 0.5) is 4.39 Å². The van der Waals surface area contributed by atoms with Gasteiger partial charge in [0.05, 0.1) is 0 Å². The topological polar surface area (TPSA) is 128 Å². The molecule has 0 aliphatic heterocycles. The summed E-state index contributed by atoms with van der Waals surface area (Å²) in [7, 11) is 0. The fourth-order valence-electron chi connectivity index (χ4n) is 3.90. The molecule has 0 bridgehead atoms. The molecule has 0 radical (unpaired) electrons. The Bertz CT molecular complexity index is 743. The highest BCUT2D eigenvalue weighted by molar-refractivity contribution is 5.65. The SMILES string of the molecule is NCCCNCCC(N)Cc1cc(CC(N)CCNCCCN)cc(-c2ccc(F)cc2)c1. The van der Waals surface area contributed by atoms with Gasteiger partial charge >= 0.3 is 0 Å². The number of benzene rings is 2. The van der Waals surface area contributed by atoms with Crippen LogP contribution in [-0.4, -0.2) is 51.4 Å². The largest absolute Gasteiger partial charge is 0.330 e. The summed E-state index contributed by atoms with van der Waals surface area (Å²) in [6.07, 6.45) is 5.32. The number of rotatable bonds is 17. The van der Waals surface area contributed by atoms with Crippen LogP contribution in [0.2, 0.25) is 0 Å². The van der Waals surface area contributed by atoms with Gasteiger partial charge in [-0.1, -0.05) is 30.3 Å². The molecule has 2 unspecified atom stereocenters. The fraction of sp³-hybridized carbons (Fsp3) is 0.538. The van der Waals surface area contributed by atoms with E-state index in [1.807, 2.05) is 12.1 Å². The lowest BCUT2D eigenvalue weighted by atomic mass is 9.93. The van der Waals surface area contributed by atoms with Crippen molar-refractivity contribution in [2.45, 2.75) is 50.6 Å². The van der Waals surface area contributed by atoms with E-state index in [2.05, 4.69) is 28.8 Å². The van der Waals surface area contributed by atoms with Crippen molar-refractivity contribution in [1.82, 2.24) is 10.6 Å². The van der Waals surface area contributed by atoms with Crippen molar-refractivity contribution < 1.29 is 4.39 Å². The summed E-state index contributed by atoms with van der Waals surface area (Å²) < 4.78 is 13.4. The van der Waals surface area contributed by atoms with Crippen LogP contribution in [0.5, 0.6) is 0 Å². The quantitative estimate of drug-likeness (QED) is 0.201. The van der Waals surface area contributed by atoms with Gasteiger partial charge in [0.25, 0.3) is 0 Å². The Labute approximate surface area is 198 Å². The zero-order valence-electron chi connectivity index (χ0n) is 19.9. The molecule has 2 aromatic carbocycles. The van der Waals surface area contributed by atoms with E-state index in [4.69, 9.17) is 22.9 Å². The number of hydrogen-bond acceptors (Lipinski definition) is 6. The Hall–Kier alpha value is -1.87. The summed E-state index contributed by atoms with van der Waals surface area (Å²) in [5.41, 5.74) is 28.4. The minimum Gasteiger partial charge on any atom is -0.330 e. The van der Waals surface area contributed by atoms with E-state index in [1.54, 1.807) is 0 Å². The van der Waals surface area contributed by atoms with Crippen LogP contribution in [0.3, 0.4) is 0 Å². The van der Waals surface area contributed by atoms with Gasteiger partial charge in [0.2, 0.25) is 0 Å². The third kappa shape index (κ3) is 11.2. The van der Waals surface area contributed by atoms with Crippen LogP contribution in [0.15, 0.2) is 42.5 Å². The highest BCUT2D eigenvalue weighted by atomic mass is 19.1. The first-order chi connectivity index (χ1) is 16.0. The molecule has 6 nitrogen and oxygen atoms in total. The molecule has 0 amide bonds. The van der Waals surface area contributed by atoms with Crippen LogP contribution in [0, 0.1) is 5.82 Å². The number of halogens is 1.